The van der Waals surface area contributed by atoms with Crippen molar-refractivity contribution < 1.29 is 0 Å². The number of nitrogens with zero attached hydrogens (tertiary/aromatic N) is 4. The smallest absolute Gasteiger partial charge is 0.0995 e. The van der Waals surface area contributed by atoms with Crippen LogP contribution in [0.2, 0.25) is 0 Å². The van der Waals surface area contributed by atoms with Gasteiger partial charge in [0.1, 0.15) is 0 Å². The first-order valence-corrected chi connectivity index (χ1v) is 6.14. The zero-order valence-corrected chi connectivity index (χ0v) is 11.0. The van der Waals surface area contributed by atoms with Crippen LogP contribution in [0.1, 0.15) is 30.0 Å². The van der Waals surface area contributed by atoms with Crippen molar-refractivity contribution >= 4 is 15.9 Å². The maximum Gasteiger partial charge on any atom is 0.0995 e. The molecule has 0 saturated heterocycles. The van der Waals surface area contributed by atoms with Crippen LogP contribution in [0.4, 0.5) is 0 Å². The third kappa shape index (κ3) is 2.02. The van der Waals surface area contributed by atoms with E-state index < -0.39 is 0 Å². The highest BCUT2D eigenvalue weighted by atomic mass is 79.9. The molecule has 0 spiro atoms. The summed E-state index contributed by atoms with van der Waals surface area (Å²) in [6, 6.07) is 6.11. The fourth-order valence-corrected chi connectivity index (χ4v) is 2.89. The van der Waals surface area contributed by atoms with Crippen LogP contribution in [0.5, 0.6) is 0 Å². The molecule has 0 bridgehead atoms. The molecule has 4 nitrogen and oxygen atoms in total. The van der Waals surface area contributed by atoms with Crippen molar-refractivity contribution in [1.82, 2.24) is 0 Å². The van der Waals surface area contributed by atoms with E-state index in [-0.39, 0.29) is 5.41 Å². The molecule has 1 aromatic rings. The SMILES string of the molecule is C[C@@]1(CN=[N+]=[N-])CCc2c(C#N)cc(Br)cc21. The Morgan fingerprint density at radius 1 is 1.65 bits per heavy atom. The quantitative estimate of drug-likeness (QED) is 0.463. The van der Waals surface area contributed by atoms with E-state index in [2.05, 4.69) is 38.9 Å². The normalized spacial score (nSPS) is 21.5. The highest BCUT2D eigenvalue weighted by molar-refractivity contribution is 9.10. The van der Waals surface area contributed by atoms with Gasteiger partial charge in [-0.15, -0.1) is 0 Å². The number of hydrogen-bond acceptors (Lipinski definition) is 2. The minimum atomic E-state index is -0.142. The zero-order chi connectivity index (χ0) is 12.5. The van der Waals surface area contributed by atoms with Crippen LogP contribution in [0.3, 0.4) is 0 Å². The van der Waals surface area contributed by atoms with Gasteiger partial charge in [0.2, 0.25) is 0 Å². The maximum absolute atomic E-state index is 9.12. The van der Waals surface area contributed by atoms with Gasteiger partial charge in [0.25, 0.3) is 0 Å². The molecule has 0 radical (unpaired) electrons. The van der Waals surface area contributed by atoms with Gasteiger partial charge in [-0.2, -0.15) is 5.26 Å². The zero-order valence-electron chi connectivity index (χ0n) is 9.44. The van der Waals surface area contributed by atoms with E-state index in [1.165, 1.54) is 0 Å². The maximum atomic E-state index is 9.12. The van der Waals surface area contributed by atoms with Crippen LogP contribution in [-0.2, 0) is 11.8 Å². The lowest BCUT2D eigenvalue weighted by molar-refractivity contribution is 0.481. The van der Waals surface area contributed by atoms with Crippen LogP contribution < -0.4 is 0 Å². The summed E-state index contributed by atoms with van der Waals surface area (Å²) in [6.45, 7) is 2.53. The van der Waals surface area contributed by atoms with Gasteiger partial charge in [-0.05, 0) is 47.0 Å². The Morgan fingerprint density at radius 3 is 3.06 bits per heavy atom. The Kier molecular flexibility index (Phi) is 3.10. The van der Waals surface area contributed by atoms with Gasteiger partial charge >= 0.3 is 0 Å². The van der Waals surface area contributed by atoms with Crippen LogP contribution in [0.25, 0.3) is 10.4 Å². The van der Waals surface area contributed by atoms with Crippen LogP contribution in [0, 0.1) is 11.3 Å². The Hall–Kier alpha value is -1.50. The molecular weight excluding hydrogens is 280 g/mol. The standard InChI is InChI=1S/C12H11BrN4/c1-12(7-16-17-15)3-2-10-8(6-14)4-9(13)5-11(10)12/h4-5H,2-3,7H2,1H3/t12-/m0/s1. The molecule has 1 aliphatic rings. The fraction of sp³-hybridized carbons (Fsp3) is 0.417. The molecule has 0 heterocycles. The second-order valence-electron chi connectivity index (χ2n) is 4.54. The molecule has 0 fully saturated rings. The molecule has 1 aromatic carbocycles. The molecule has 0 aliphatic heterocycles. The molecule has 5 heteroatoms. The summed E-state index contributed by atoms with van der Waals surface area (Å²) in [5, 5.41) is 12.8. The first kappa shape index (κ1) is 12.0. The molecule has 0 amide bonds. The molecule has 1 atom stereocenters. The fourth-order valence-electron chi connectivity index (χ4n) is 2.43. The van der Waals surface area contributed by atoms with Crippen LogP contribution in [-0.4, -0.2) is 6.54 Å². The van der Waals surface area contributed by atoms with E-state index in [1.807, 2.05) is 12.1 Å². The predicted octanol–water partition coefficient (Wildman–Crippen LogP) is 3.83. The summed E-state index contributed by atoms with van der Waals surface area (Å²) in [7, 11) is 0. The average molecular weight is 291 g/mol. The van der Waals surface area contributed by atoms with Crippen LogP contribution in [0.15, 0.2) is 21.7 Å². The Balaban J connectivity index is 2.55. The lowest BCUT2D eigenvalue weighted by Gasteiger charge is -2.23. The summed E-state index contributed by atoms with van der Waals surface area (Å²) < 4.78 is 0.905. The average Bonchev–Trinajstić information content (AvgIpc) is 2.64. The predicted molar refractivity (Wildman–Crippen MR) is 68.5 cm³/mol. The van der Waals surface area contributed by atoms with E-state index in [1.54, 1.807) is 0 Å². The number of azide groups is 1. The second kappa shape index (κ2) is 4.40. The van der Waals surface area contributed by atoms with Crippen molar-refractivity contribution in [2.45, 2.75) is 25.2 Å². The van der Waals surface area contributed by atoms with Crippen molar-refractivity contribution in [2.24, 2.45) is 5.11 Å². The van der Waals surface area contributed by atoms with Gasteiger partial charge in [-0.3, -0.25) is 0 Å². The lowest BCUT2D eigenvalue weighted by Crippen LogP contribution is -2.22. The number of benzene rings is 1. The number of hydrogen-bond donors (Lipinski definition) is 0. The number of rotatable bonds is 2. The van der Waals surface area contributed by atoms with E-state index in [0.717, 1.165) is 34.0 Å². The van der Waals surface area contributed by atoms with E-state index in [0.29, 0.717) is 6.54 Å². The third-order valence-corrected chi connectivity index (χ3v) is 3.85. The van der Waals surface area contributed by atoms with Crippen molar-refractivity contribution in [1.29, 1.82) is 5.26 Å². The van der Waals surface area contributed by atoms with Gasteiger partial charge in [0.05, 0.1) is 11.6 Å². The van der Waals surface area contributed by atoms with Crippen molar-refractivity contribution in [3.8, 4) is 6.07 Å². The molecule has 0 unspecified atom stereocenters. The molecular formula is C12H11BrN4. The molecule has 0 N–H and O–H groups in total. The van der Waals surface area contributed by atoms with Crippen molar-refractivity contribution in [2.75, 3.05) is 6.54 Å². The van der Waals surface area contributed by atoms with Gasteiger partial charge in [-0.1, -0.05) is 28.0 Å². The molecule has 1 aliphatic carbocycles. The Bertz CT molecular complexity index is 554. The van der Waals surface area contributed by atoms with Gasteiger partial charge in [-0.25, -0.2) is 0 Å². The summed E-state index contributed by atoms with van der Waals surface area (Å²) in [5.41, 5.74) is 11.3. The topological polar surface area (TPSA) is 72.6 Å². The van der Waals surface area contributed by atoms with Gasteiger partial charge < -0.3 is 0 Å². The monoisotopic (exact) mass is 290 g/mol. The summed E-state index contributed by atoms with van der Waals surface area (Å²) in [5.74, 6) is 0. The van der Waals surface area contributed by atoms with Gasteiger partial charge in [0, 0.05) is 15.9 Å². The Morgan fingerprint density at radius 2 is 2.41 bits per heavy atom. The minimum Gasteiger partial charge on any atom is -0.192 e. The molecule has 2 rings (SSSR count). The number of halogens is 1. The molecule has 0 saturated carbocycles. The minimum absolute atomic E-state index is 0.142. The highest BCUT2D eigenvalue weighted by Crippen LogP contribution is 2.41. The summed E-state index contributed by atoms with van der Waals surface area (Å²) >= 11 is 3.42. The van der Waals surface area contributed by atoms with Crippen molar-refractivity contribution in [3.05, 3.63) is 43.7 Å². The first-order chi connectivity index (χ1) is 8.10. The first-order valence-electron chi connectivity index (χ1n) is 5.34. The highest BCUT2D eigenvalue weighted by Gasteiger charge is 2.35. The molecule has 86 valence electrons. The van der Waals surface area contributed by atoms with Crippen molar-refractivity contribution in [3.63, 3.8) is 0 Å². The van der Waals surface area contributed by atoms with E-state index >= 15 is 0 Å². The Labute approximate surface area is 108 Å². The number of fused-ring (bicyclic) bond motifs is 1. The summed E-state index contributed by atoms with van der Waals surface area (Å²) in [4.78, 5) is 2.83. The summed E-state index contributed by atoms with van der Waals surface area (Å²) in [6.07, 6.45) is 1.80. The third-order valence-electron chi connectivity index (χ3n) is 3.40. The van der Waals surface area contributed by atoms with Gasteiger partial charge in [0.15, 0.2) is 0 Å². The van der Waals surface area contributed by atoms with E-state index in [4.69, 9.17) is 10.8 Å². The number of nitriles is 1. The lowest BCUT2D eigenvalue weighted by atomic mass is 9.84. The molecule has 0 aromatic heterocycles. The van der Waals surface area contributed by atoms with Crippen LogP contribution >= 0.6 is 15.9 Å². The molecule has 17 heavy (non-hydrogen) atoms. The largest absolute Gasteiger partial charge is 0.192 e. The van der Waals surface area contributed by atoms with E-state index in [9.17, 15) is 0 Å². The second-order valence-corrected chi connectivity index (χ2v) is 5.46.